The van der Waals surface area contributed by atoms with Crippen molar-refractivity contribution < 1.29 is 9.53 Å². The van der Waals surface area contributed by atoms with E-state index in [1.807, 2.05) is 18.2 Å². The zero-order valence-electron chi connectivity index (χ0n) is 15.0. The monoisotopic (exact) mass is 354 g/mol. The van der Waals surface area contributed by atoms with Gasteiger partial charge in [0.25, 0.3) is 0 Å². The Morgan fingerprint density at radius 1 is 1.27 bits per heavy atom. The smallest absolute Gasteiger partial charge is 0.223 e. The van der Waals surface area contributed by atoms with Gasteiger partial charge in [-0.3, -0.25) is 14.8 Å². The van der Waals surface area contributed by atoms with Crippen LogP contribution >= 0.6 is 0 Å². The minimum atomic E-state index is 0.0345. The summed E-state index contributed by atoms with van der Waals surface area (Å²) in [6.45, 7) is 5.10. The number of aromatic amines is 1. The third-order valence-electron chi connectivity index (χ3n) is 5.40. The molecule has 1 aliphatic heterocycles. The van der Waals surface area contributed by atoms with Gasteiger partial charge in [0.2, 0.25) is 5.91 Å². The number of hydrogen-bond acceptors (Lipinski definition) is 4. The van der Waals surface area contributed by atoms with Crippen LogP contribution in [0, 0.1) is 5.92 Å². The lowest BCUT2D eigenvalue weighted by molar-refractivity contribution is -0.125. The van der Waals surface area contributed by atoms with Gasteiger partial charge in [0.15, 0.2) is 0 Å². The van der Waals surface area contributed by atoms with Gasteiger partial charge in [-0.1, -0.05) is 30.3 Å². The molecule has 2 heterocycles. The van der Waals surface area contributed by atoms with E-state index in [4.69, 9.17) is 4.74 Å². The molecule has 0 spiro atoms. The number of nitrogens with zero attached hydrogens (tertiary/aromatic N) is 2. The molecule has 138 valence electrons. The van der Waals surface area contributed by atoms with Gasteiger partial charge < -0.3 is 10.1 Å². The third-order valence-corrected chi connectivity index (χ3v) is 5.40. The van der Waals surface area contributed by atoms with Gasteiger partial charge in [-0.05, 0) is 19.3 Å². The number of rotatable bonds is 5. The van der Waals surface area contributed by atoms with Crippen molar-refractivity contribution in [1.29, 1.82) is 0 Å². The zero-order valence-corrected chi connectivity index (χ0v) is 15.0. The van der Waals surface area contributed by atoms with Crippen molar-refractivity contribution >= 4 is 5.91 Å². The summed E-state index contributed by atoms with van der Waals surface area (Å²) in [7, 11) is 0. The molecular weight excluding hydrogens is 328 g/mol. The quantitative estimate of drug-likeness (QED) is 0.856. The molecular formula is C20H26N4O2. The molecule has 0 saturated carbocycles. The van der Waals surface area contributed by atoms with Crippen LogP contribution < -0.4 is 5.32 Å². The molecule has 4 rings (SSSR count). The Labute approximate surface area is 153 Å². The van der Waals surface area contributed by atoms with Crippen molar-refractivity contribution in [2.24, 2.45) is 5.92 Å². The molecule has 1 aliphatic carbocycles. The molecule has 1 aromatic carbocycles. The fourth-order valence-electron chi connectivity index (χ4n) is 3.86. The number of aryl methyl sites for hydroxylation is 1. The van der Waals surface area contributed by atoms with E-state index in [0.717, 1.165) is 63.4 Å². The fraction of sp³-hybridized carbons (Fsp3) is 0.500. The second-order valence-corrected chi connectivity index (χ2v) is 7.08. The van der Waals surface area contributed by atoms with Crippen molar-refractivity contribution in [3.63, 3.8) is 0 Å². The largest absolute Gasteiger partial charge is 0.379 e. The first-order valence-electron chi connectivity index (χ1n) is 9.50. The lowest BCUT2D eigenvalue weighted by Crippen LogP contribution is -2.43. The van der Waals surface area contributed by atoms with Gasteiger partial charge in [-0.2, -0.15) is 5.10 Å². The van der Waals surface area contributed by atoms with Gasteiger partial charge in [-0.25, -0.2) is 0 Å². The van der Waals surface area contributed by atoms with Crippen molar-refractivity contribution in [1.82, 2.24) is 20.4 Å². The highest BCUT2D eigenvalue weighted by Crippen LogP contribution is 2.32. The topological polar surface area (TPSA) is 70.2 Å². The number of morpholine rings is 1. The number of carbonyl (C=O) groups is 1. The third kappa shape index (κ3) is 3.81. The molecule has 2 aromatic rings. The maximum absolute atomic E-state index is 12.6. The van der Waals surface area contributed by atoms with Crippen LogP contribution in [0.15, 0.2) is 30.3 Å². The number of benzene rings is 1. The molecule has 1 amide bonds. The molecule has 1 saturated heterocycles. The van der Waals surface area contributed by atoms with E-state index in [1.54, 1.807) is 0 Å². The Hall–Kier alpha value is -2.18. The van der Waals surface area contributed by atoms with Crippen LogP contribution in [0.2, 0.25) is 0 Å². The maximum Gasteiger partial charge on any atom is 0.223 e. The first-order valence-corrected chi connectivity index (χ1v) is 9.50. The second-order valence-electron chi connectivity index (χ2n) is 7.08. The summed E-state index contributed by atoms with van der Waals surface area (Å²) < 4.78 is 5.36. The lowest BCUT2D eigenvalue weighted by atomic mass is 9.85. The predicted molar refractivity (Wildman–Crippen MR) is 99.8 cm³/mol. The van der Waals surface area contributed by atoms with Gasteiger partial charge in [0.05, 0.1) is 18.9 Å². The molecule has 6 nitrogen and oxygen atoms in total. The number of fused-ring (bicyclic) bond motifs is 1. The first-order chi connectivity index (χ1) is 12.8. The van der Waals surface area contributed by atoms with E-state index < -0.39 is 0 Å². The van der Waals surface area contributed by atoms with Crippen LogP contribution in [-0.2, 0) is 22.4 Å². The Morgan fingerprint density at radius 2 is 2.08 bits per heavy atom. The molecule has 1 unspecified atom stereocenters. The minimum Gasteiger partial charge on any atom is -0.379 e. The maximum atomic E-state index is 12.6. The van der Waals surface area contributed by atoms with Crippen molar-refractivity contribution in [2.75, 3.05) is 39.4 Å². The lowest BCUT2D eigenvalue weighted by Gasteiger charge is -2.27. The Kier molecular flexibility index (Phi) is 5.32. The van der Waals surface area contributed by atoms with E-state index in [9.17, 15) is 4.79 Å². The van der Waals surface area contributed by atoms with Crippen LogP contribution in [0.25, 0.3) is 11.3 Å². The summed E-state index contributed by atoms with van der Waals surface area (Å²) >= 11 is 0. The van der Waals surface area contributed by atoms with Crippen LogP contribution in [0.3, 0.4) is 0 Å². The molecule has 1 fully saturated rings. The van der Waals surface area contributed by atoms with Crippen molar-refractivity contribution in [3.05, 3.63) is 41.6 Å². The van der Waals surface area contributed by atoms with Crippen LogP contribution in [0.1, 0.15) is 17.7 Å². The van der Waals surface area contributed by atoms with Crippen LogP contribution in [-0.4, -0.2) is 60.4 Å². The van der Waals surface area contributed by atoms with E-state index in [2.05, 4.69) is 32.5 Å². The molecule has 1 atom stereocenters. The Morgan fingerprint density at radius 3 is 2.88 bits per heavy atom. The van der Waals surface area contributed by atoms with Crippen molar-refractivity contribution in [2.45, 2.75) is 19.3 Å². The fourth-order valence-corrected chi connectivity index (χ4v) is 3.86. The molecule has 0 bridgehead atoms. The van der Waals surface area contributed by atoms with Gasteiger partial charge in [-0.15, -0.1) is 0 Å². The molecule has 26 heavy (non-hydrogen) atoms. The summed E-state index contributed by atoms with van der Waals surface area (Å²) in [4.78, 5) is 15.0. The highest BCUT2D eigenvalue weighted by atomic mass is 16.5. The summed E-state index contributed by atoms with van der Waals surface area (Å²) in [5.41, 5.74) is 4.49. The van der Waals surface area contributed by atoms with Crippen LogP contribution in [0.5, 0.6) is 0 Å². The van der Waals surface area contributed by atoms with E-state index in [1.165, 1.54) is 11.3 Å². The normalized spacial score (nSPS) is 20.5. The molecule has 2 aliphatic rings. The molecule has 1 aromatic heterocycles. The summed E-state index contributed by atoms with van der Waals surface area (Å²) in [6, 6.07) is 10.2. The van der Waals surface area contributed by atoms with Crippen LogP contribution in [0.4, 0.5) is 0 Å². The number of nitrogens with one attached hydrogen (secondary N) is 2. The average molecular weight is 354 g/mol. The average Bonchev–Trinajstić information content (AvgIpc) is 3.12. The number of ether oxygens (including phenoxy) is 1. The Balaban J connectivity index is 1.35. The SMILES string of the molecule is O=C(NCCN1CCOCC1)C1CCc2[nH]nc(-c3ccccc3)c2C1. The van der Waals surface area contributed by atoms with E-state index in [-0.39, 0.29) is 11.8 Å². The number of H-pyrrole nitrogens is 1. The van der Waals surface area contributed by atoms with Crippen molar-refractivity contribution in [3.8, 4) is 11.3 Å². The minimum absolute atomic E-state index is 0.0345. The first kappa shape index (κ1) is 17.2. The summed E-state index contributed by atoms with van der Waals surface area (Å²) in [6.07, 6.45) is 2.53. The van der Waals surface area contributed by atoms with Gasteiger partial charge in [0, 0.05) is 48.9 Å². The van der Waals surface area contributed by atoms with E-state index in [0.29, 0.717) is 6.54 Å². The van der Waals surface area contributed by atoms with Gasteiger partial charge >= 0.3 is 0 Å². The number of carbonyl (C=O) groups excluding carboxylic acids is 1. The predicted octanol–water partition coefficient (Wildman–Crippen LogP) is 1.63. The highest BCUT2D eigenvalue weighted by Gasteiger charge is 2.28. The highest BCUT2D eigenvalue weighted by molar-refractivity contribution is 5.80. The van der Waals surface area contributed by atoms with Gasteiger partial charge in [0.1, 0.15) is 0 Å². The molecule has 6 heteroatoms. The number of aromatic nitrogens is 2. The Bertz CT molecular complexity index is 738. The summed E-state index contributed by atoms with van der Waals surface area (Å²) in [5, 5.41) is 10.8. The zero-order chi connectivity index (χ0) is 17.8. The number of amides is 1. The summed E-state index contributed by atoms with van der Waals surface area (Å²) in [5.74, 6) is 0.205. The van der Waals surface area contributed by atoms with E-state index >= 15 is 0 Å². The number of hydrogen-bond donors (Lipinski definition) is 2. The second kappa shape index (κ2) is 8.01. The molecule has 0 radical (unpaired) electrons. The molecule has 2 N–H and O–H groups in total. The standard InChI is InChI=1S/C20H26N4O2/c25-20(21-8-9-24-10-12-26-13-11-24)16-6-7-18-17(14-16)19(23-22-18)15-4-2-1-3-5-15/h1-5,16H,6-14H2,(H,21,25)(H,22,23).